The summed E-state index contributed by atoms with van der Waals surface area (Å²) in [6.07, 6.45) is 5.71. The van der Waals surface area contributed by atoms with Crippen molar-refractivity contribution < 1.29 is 10.0 Å². The molecule has 0 aliphatic carbocycles. The molecule has 1 aliphatic heterocycles. The van der Waals surface area contributed by atoms with Gasteiger partial charge in [-0.1, -0.05) is 12.1 Å². The number of quaternary nitrogens is 1. The van der Waals surface area contributed by atoms with Gasteiger partial charge in [-0.2, -0.15) is 0 Å². The van der Waals surface area contributed by atoms with E-state index in [4.69, 9.17) is 0 Å². The minimum Gasteiger partial charge on any atom is -0.505 e. The van der Waals surface area contributed by atoms with Crippen molar-refractivity contribution in [3.63, 3.8) is 0 Å². The smallest absolute Gasteiger partial charge is 0.150 e. The summed E-state index contributed by atoms with van der Waals surface area (Å²) in [5.74, 6) is 0.367. The van der Waals surface area contributed by atoms with Crippen LogP contribution >= 0.6 is 0 Å². The van der Waals surface area contributed by atoms with Crippen LogP contribution in [0.25, 0.3) is 10.9 Å². The normalized spacial score (nSPS) is 17.1. The number of fused-ring (bicyclic) bond motifs is 1. The SMILES string of the molecule is Oc1c(C[NH+]2CCCCC2)ccc2cccnc12. The maximum Gasteiger partial charge on any atom is 0.150 e. The molecule has 1 aromatic carbocycles. The molecule has 3 rings (SSSR count). The predicted octanol–water partition coefficient (Wildman–Crippen LogP) is 1.51. The fraction of sp³-hybridized carbons (Fsp3) is 0.400. The molecule has 0 spiro atoms. The van der Waals surface area contributed by atoms with E-state index in [1.165, 1.54) is 32.4 Å². The number of piperidine rings is 1. The first-order valence-electron chi connectivity index (χ1n) is 6.74. The number of nitrogens with one attached hydrogen (secondary N) is 1. The Bertz CT molecular complexity index is 547. The predicted molar refractivity (Wildman–Crippen MR) is 71.7 cm³/mol. The third kappa shape index (κ3) is 2.18. The number of likely N-dealkylation sites (tertiary alicyclic amines) is 1. The highest BCUT2D eigenvalue weighted by Crippen LogP contribution is 2.26. The van der Waals surface area contributed by atoms with E-state index in [0.717, 1.165) is 23.0 Å². The maximum atomic E-state index is 10.3. The topological polar surface area (TPSA) is 37.6 Å². The third-order valence-corrected chi connectivity index (χ3v) is 3.83. The lowest BCUT2D eigenvalue weighted by atomic mass is 10.1. The minimum absolute atomic E-state index is 0.367. The van der Waals surface area contributed by atoms with Gasteiger partial charge in [0.1, 0.15) is 12.1 Å². The molecule has 1 aliphatic rings. The van der Waals surface area contributed by atoms with Crippen LogP contribution in [0.5, 0.6) is 5.75 Å². The first-order chi connectivity index (χ1) is 8.84. The van der Waals surface area contributed by atoms with E-state index in [0.29, 0.717) is 5.75 Å². The second kappa shape index (κ2) is 4.94. The maximum absolute atomic E-state index is 10.3. The lowest BCUT2D eigenvalue weighted by molar-refractivity contribution is -0.918. The van der Waals surface area contributed by atoms with Crippen molar-refractivity contribution in [3.05, 3.63) is 36.0 Å². The highest BCUT2D eigenvalue weighted by molar-refractivity contribution is 5.85. The number of hydrogen-bond acceptors (Lipinski definition) is 2. The molecule has 2 heterocycles. The molecule has 2 aromatic rings. The van der Waals surface area contributed by atoms with Gasteiger partial charge in [-0.25, -0.2) is 0 Å². The van der Waals surface area contributed by atoms with Crippen molar-refractivity contribution in [2.24, 2.45) is 0 Å². The van der Waals surface area contributed by atoms with Crippen LogP contribution in [0.4, 0.5) is 0 Å². The molecule has 1 aromatic heterocycles. The monoisotopic (exact) mass is 243 g/mol. The van der Waals surface area contributed by atoms with Gasteiger partial charge in [-0.05, 0) is 31.4 Å². The number of benzene rings is 1. The van der Waals surface area contributed by atoms with E-state index >= 15 is 0 Å². The number of nitrogens with zero attached hydrogens (tertiary/aromatic N) is 1. The molecule has 94 valence electrons. The number of pyridine rings is 1. The number of phenols is 1. The van der Waals surface area contributed by atoms with Crippen molar-refractivity contribution in [3.8, 4) is 5.75 Å². The summed E-state index contributed by atoms with van der Waals surface area (Å²) in [7, 11) is 0. The Morgan fingerprint density at radius 2 is 1.94 bits per heavy atom. The Labute approximate surface area is 107 Å². The number of phenolic OH excluding ortho intramolecular Hbond substituents is 1. The zero-order valence-electron chi connectivity index (χ0n) is 10.5. The number of rotatable bonds is 2. The van der Waals surface area contributed by atoms with E-state index in [1.54, 1.807) is 11.1 Å². The van der Waals surface area contributed by atoms with E-state index in [2.05, 4.69) is 11.1 Å². The lowest BCUT2D eigenvalue weighted by Gasteiger charge is -2.23. The van der Waals surface area contributed by atoms with Crippen LogP contribution in [0.1, 0.15) is 24.8 Å². The summed E-state index contributed by atoms with van der Waals surface area (Å²) in [5, 5.41) is 11.3. The van der Waals surface area contributed by atoms with Crippen LogP contribution in [0, 0.1) is 0 Å². The van der Waals surface area contributed by atoms with Gasteiger partial charge in [-0.3, -0.25) is 4.98 Å². The van der Waals surface area contributed by atoms with Crippen LogP contribution in [0.3, 0.4) is 0 Å². The summed E-state index contributed by atoms with van der Waals surface area (Å²) in [6, 6.07) is 7.98. The quantitative estimate of drug-likeness (QED) is 0.839. The van der Waals surface area contributed by atoms with Crippen LogP contribution in [0.2, 0.25) is 0 Å². The molecule has 3 heteroatoms. The zero-order chi connectivity index (χ0) is 12.4. The Balaban J connectivity index is 1.89. The van der Waals surface area contributed by atoms with Gasteiger partial charge < -0.3 is 10.0 Å². The largest absolute Gasteiger partial charge is 0.505 e. The van der Waals surface area contributed by atoms with Gasteiger partial charge in [0.05, 0.1) is 18.7 Å². The van der Waals surface area contributed by atoms with Gasteiger partial charge in [0.25, 0.3) is 0 Å². The van der Waals surface area contributed by atoms with E-state index in [-0.39, 0.29) is 0 Å². The zero-order valence-corrected chi connectivity index (χ0v) is 10.5. The molecule has 1 saturated heterocycles. The second-order valence-electron chi connectivity index (χ2n) is 5.14. The molecule has 0 bridgehead atoms. The fourth-order valence-corrected chi connectivity index (χ4v) is 2.81. The molecule has 0 radical (unpaired) electrons. The summed E-state index contributed by atoms with van der Waals surface area (Å²) < 4.78 is 0. The van der Waals surface area contributed by atoms with Crippen molar-refractivity contribution >= 4 is 10.9 Å². The highest BCUT2D eigenvalue weighted by atomic mass is 16.3. The summed E-state index contributed by atoms with van der Waals surface area (Å²) >= 11 is 0. The van der Waals surface area contributed by atoms with Gasteiger partial charge in [0, 0.05) is 11.6 Å². The third-order valence-electron chi connectivity index (χ3n) is 3.83. The number of aromatic nitrogens is 1. The van der Waals surface area contributed by atoms with Gasteiger partial charge >= 0.3 is 0 Å². The second-order valence-corrected chi connectivity index (χ2v) is 5.14. The molecule has 0 saturated carbocycles. The molecule has 0 atom stereocenters. The summed E-state index contributed by atoms with van der Waals surface area (Å²) in [5.41, 5.74) is 1.75. The van der Waals surface area contributed by atoms with Gasteiger partial charge in [0.15, 0.2) is 5.75 Å². The molecule has 1 fully saturated rings. The van der Waals surface area contributed by atoms with E-state index < -0.39 is 0 Å². The lowest BCUT2D eigenvalue weighted by Crippen LogP contribution is -3.11. The molecule has 2 N–H and O–H groups in total. The Hall–Kier alpha value is -1.61. The van der Waals surface area contributed by atoms with Crippen molar-refractivity contribution in [1.82, 2.24) is 4.98 Å². The first kappa shape index (κ1) is 11.5. The van der Waals surface area contributed by atoms with Crippen LogP contribution < -0.4 is 4.90 Å². The fourth-order valence-electron chi connectivity index (χ4n) is 2.81. The van der Waals surface area contributed by atoms with E-state index in [9.17, 15) is 5.11 Å². The standard InChI is InChI=1S/C15H18N2O/c18-15-13(11-17-9-2-1-3-10-17)7-6-12-5-4-8-16-14(12)15/h4-8,18H,1-3,9-11H2/p+1. The molecule has 3 nitrogen and oxygen atoms in total. The van der Waals surface area contributed by atoms with E-state index in [1.807, 2.05) is 18.2 Å². The summed E-state index contributed by atoms with van der Waals surface area (Å²) in [4.78, 5) is 5.85. The first-order valence-corrected chi connectivity index (χ1v) is 6.74. The Morgan fingerprint density at radius 3 is 2.78 bits per heavy atom. The molecular weight excluding hydrogens is 224 g/mol. The number of hydrogen-bond donors (Lipinski definition) is 2. The van der Waals surface area contributed by atoms with Gasteiger partial charge in [0.2, 0.25) is 0 Å². The van der Waals surface area contributed by atoms with Crippen molar-refractivity contribution in [2.45, 2.75) is 25.8 Å². The van der Waals surface area contributed by atoms with Gasteiger partial charge in [-0.15, -0.1) is 0 Å². The average Bonchev–Trinajstić information content (AvgIpc) is 2.43. The molecule has 0 amide bonds. The average molecular weight is 243 g/mol. The van der Waals surface area contributed by atoms with Crippen molar-refractivity contribution in [2.75, 3.05) is 13.1 Å². The van der Waals surface area contributed by atoms with Crippen LogP contribution in [-0.2, 0) is 6.54 Å². The number of aromatic hydroxyl groups is 1. The molecule has 0 unspecified atom stereocenters. The van der Waals surface area contributed by atoms with Crippen LogP contribution in [0.15, 0.2) is 30.5 Å². The Kier molecular flexibility index (Phi) is 3.15. The minimum atomic E-state index is 0.367. The molecule has 18 heavy (non-hydrogen) atoms. The van der Waals surface area contributed by atoms with Crippen LogP contribution in [-0.4, -0.2) is 23.2 Å². The summed E-state index contributed by atoms with van der Waals surface area (Å²) in [6.45, 7) is 3.36. The van der Waals surface area contributed by atoms with Crippen molar-refractivity contribution in [1.29, 1.82) is 0 Å². The highest BCUT2D eigenvalue weighted by Gasteiger charge is 2.17. The Morgan fingerprint density at radius 1 is 1.11 bits per heavy atom. The molecular formula is C15H19N2O+.